The van der Waals surface area contributed by atoms with Crippen molar-refractivity contribution in [3.8, 4) is 5.75 Å². The first kappa shape index (κ1) is 23.4. The molecule has 0 saturated heterocycles. The highest BCUT2D eigenvalue weighted by Gasteiger charge is 2.46. The highest BCUT2D eigenvalue weighted by Crippen LogP contribution is 2.50. The molecule has 0 bridgehead atoms. The molecule has 0 radical (unpaired) electrons. The molecule has 0 aliphatic heterocycles. The van der Waals surface area contributed by atoms with E-state index < -0.39 is 11.7 Å². The summed E-state index contributed by atoms with van der Waals surface area (Å²) in [6, 6.07) is 9.22. The normalized spacial score (nSPS) is 19.3. The lowest BCUT2D eigenvalue weighted by atomic mass is 9.78. The first-order valence-corrected chi connectivity index (χ1v) is 10.6. The largest absolute Gasteiger partial charge is 0.426 e. The molecule has 2 nitrogen and oxygen atoms in total. The monoisotopic (exact) mass is 432 g/mol. The Labute approximate surface area is 182 Å². The van der Waals surface area contributed by atoms with Gasteiger partial charge in [0, 0.05) is 11.1 Å². The van der Waals surface area contributed by atoms with Crippen molar-refractivity contribution in [1.29, 1.82) is 0 Å². The molecule has 0 heterocycles. The zero-order chi connectivity index (χ0) is 23.4. The van der Waals surface area contributed by atoms with E-state index in [0.29, 0.717) is 12.2 Å². The van der Waals surface area contributed by atoms with E-state index in [1.807, 2.05) is 6.92 Å². The van der Waals surface area contributed by atoms with Gasteiger partial charge in [0.05, 0.1) is 11.5 Å². The molecule has 31 heavy (non-hydrogen) atoms. The van der Waals surface area contributed by atoms with Gasteiger partial charge in [0.15, 0.2) is 0 Å². The molecule has 1 aliphatic rings. The molecule has 1 saturated carbocycles. The number of carbonyl (C=O) groups excluding carboxylic acids is 1. The minimum atomic E-state index is -4.36. The van der Waals surface area contributed by atoms with Crippen LogP contribution in [0, 0.1) is 12.8 Å². The van der Waals surface area contributed by atoms with Gasteiger partial charge < -0.3 is 4.74 Å². The van der Waals surface area contributed by atoms with Gasteiger partial charge in [-0.2, -0.15) is 13.2 Å². The van der Waals surface area contributed by atoms with Gasteiger partial charge in [-0.25, -0.2) is 0 Å². The summed E-state index contributed by atoms with van der Waals surface area (Å²) in [5.41, 5.74) is 2.72. The van der Waals surface area contributed by atoms with E-state index in [1.165, 1.54) is 12.1 Å². The SMILES string of the molecule is Cc1cc(C(C)(C)C)c(OC(=O)[C@@H]2C[C@H]2c2ccc(C(F)(F)F)cc2)c(C(C)(C)C)c1. The third-order valence-corrected chi connectivity index (χ3v) is 5.81. The van der Waals surface area contributed by atoms with E-state index in [9.17, 15) is 18.0 Å². The summed E-state index contributed by atoms with van der Waals surface area (Å²) in [6.45, 7) is 14.6. The molecule has 1 aliphatic carbocycles. The lowest BCUT2D eigenvalue weighted by molar-refractivity contribution is -0.138. The maximum absolute atomic E-state index is 13.0. The molecule has 0 aromatic heterocycles. The summed E-state index contributed by atoms with van der Waals surface area (Å²) in [5, 5.41) is 0. The van der Waals surface area contributed by atoms with Crippen LogP contribution in [0.25, 0.3) is 0 Å². The van der Waals surface area contributed by atoms with E-state index in [-0.39, 0.29) is 28.6 Å². The Morgan fingerprint density at radius 3 is 1.81 bits per heavy atom. The molecule has 0 spiro atoms. The molecule has 2 aromatic rings. The second kappa shape index (κ2) is 7.68. The third kappa shape index (κ3) is 5.13. The van der Waals surface area contributed by atoms with Crippen LogP contribution in [0.4, 0.5) is 13.2 Å². The standard InChI is InChI=1S/C26H31F3O2/c1-15-12-20(24(2,3)4)22(21(13-15)25(5,6)7)31-23(30)19-14-18(19)16-8-10-17(11-9-16)26(27,28)29/h8-13,18-19H,14H2,1-7H3/t18-,19+/m0/s1. The Morgan fingerprint density at radius 2 is 1.39 bits per heavy atom. The number of aryl methyl sites for hydroxylation is 1. The van der Waals surface area contributed by atoms with Crippen molar-refractivity contribution >= 4 is 5.97 Å². The predicted molar refractivity (Wildman–Crippen MR) is 117 cm³/mol. The summed E-state index contributed by atoms with van der Waals surface area (Å²) < 4.78 is 44.4. The fraction of sp³-hybridized carbons (Fsp3) is 0.500. The van der Waals surface area contributed by atoms with Gasteiger partial charge in [-0.05, 0) is 47.8 Å². The van der Waals surface area contributed by atoms with Crippen LogP contribution >= 0.6 is 0 Å². The van der Waals surface area contributed by atoms with Gasteiger partial charge in [-0.15, -0.1) is 0 Å². The van der Waals surface area contributed by atoms with Gasteiger partial charge in [0.25, 0.3) is 0 Å². The average molecular weight is 433 g/mol. The molecular weight excluding hydrogens is 401 g/mol. The van der Waals surface area contributed by atoms with Crippen molar-refractivity contribution in [2.45, 2.75) is 77.8 Å². The van der Waals surface area contributed by atoms with E-state index in [1.54, 1.807) is 0 Å². The van der Waals surface area contributed by atoms with Crippen LogP contribution in [0.15, 0.2) is 36.4 Å². The first-order valence-electron chi connectivity index (χ1n) is 10.6. The van der Waals surface area contributed by atoms with Crippen LogP contribution in [0.1, 0.15) is 81.7 Å². The van der Waals surface area contributed by atoms with Gasteiger partial charge in [0.2, 0.25) is 0 Å². The molecule has 168 valence electrons. The van der Waals surface area contributed by atoms with Crippen molar-refractivity contribution in [2.75, 3.05) is 0 Å². The quantitative estimate of drug-likeness (QED) is 0.375. The van der Waals surface area contributed by atoms with E-state index in [0.717, 1.165) is 34.4 Å². The topological polar surface area (TPSA) is 26.3 Å². The van der Waals surface area contributed by atoms with Crippen molar-refractivity contribution in [3.63, 3.8) is 0 Å². The van der Waals surface area contributed by atoms with E-state index in [4.69, 9.17) is 4.74 Å². The number of alkyl halides is 3. The van der Waals surface area contributed by atoms with Crippen LogP contribution in [0.3, 0.4) is 0 Å². The summed E-state index contributed by atoms with van der Waals surface area (Å²) in [7, 11) is 0. The second-order valence-corrected chi connectivity index (χ2v) is 10.7. The molecule has 0 N–H and O–H groups in total. The van der Waals surface area contributed by atoms with Crippen molar-refractivity contribution in [2.24, 2.45) is 5.92 Å². The molecule has 0 unspecified atom stereocenters. The molecule has 0 amide bonds. The van der Waals surface area contributed by atoms with Gasteiger partial charge in [-0.3, -0.25) is 4.79 Å². The number of benzene rings is 2. The number of rotatable bonds is 3. The maximum atomic E-state index is 13.0. The summed E-state index contributed by atoms with van der Waals surface area (Å²) in [4.78, 5) is 13.0. The molecule has 5 heteroatoms. The third-order valence-electron chi connectivity index (χ3n) is 5.81. The minimum absolute atomic E-state index is 0.101. The lowest BCUT2D eigenvalue weighted by Gasteiger charge is -2.29. The average Bonchev–Trinajstić information content (AvgIpc) is 3.41. The Balaban J connectivity index is 1.86. The summed E-state index contributed by atoms with van der Waals surface area (Å²) in [5.74, 6) is -0.131. The summed E-state index contributed by atoms with van der Waals surface area (Å²) in [6.07, 6.45) is -3.77. The number of carbonyl (C=O) groups is 1. The minimum Gasteiger partial charge on any atom is -0.426 e. The van der Waals surface area contributed by atoms with Crippen molar-refractivity contribution in [3.05, 3.63) is 64.2 Å². The highest BCUT2D eigenvalue weighted by atomic mass is 19.4. The smallest absolute Gasteiger partial charge is 0.416 e. The van der Waals surface area contributed by atoms with Crippen molar-refractivity contribution in [1.82, 2.24) is 0 Å². The van der Waals surface area contributed by atoms with Crippen LogP contribution in [0.5, 0.6) is 5.75 Å². The summed E-state index contributed by atoms with van der Waals surface area (Å²) >= 11 is 0. The van der Waals surface area contributed by atoms with Crippen LogP contribution < -0.4 is 4.74 Å². The van der Waals surface area contributed by atoms with E-state index in [2.05, 4.69) is 53.7 Å². The molecule has 3 rings (SSSR count). The van der Waals surface area contributed by atoms with Gasteiger partial charge >= 0.3 is 12.1 Å². The van der Waals surface area contributed by atoms with Crippen molar-refractivity contribution < 1.29 is 22.7 Å². The zero-order valence-corrected chi connectivity index (χ0v) is 19.3. The Morgan fingerprint density at radius 1 is 0.903 bits per heavy atom. The number of hydrogen-bond acceptors (Lipinski definition) is 2. The Bertz CT molecular complexity index is 939. The number of halogens is 3. The van der Waals surface area contributed by atoms with Gasteiger partial charge in [-0.1, -0.05) is 71.4 Å². The fourth-order valence-electron chi connectivity index (χ4n) is 3.92. The Kier molecular flexibility index (Phi) is 5.79. The molecule has 2 atom stereocenters. The van der Waals surface area contributed by atoms with Crippen LogP contribution in [-0.4, -0.2) is 5.97 Å². The highest BCUT2D eigenvalue weighted by molar-refractivity contribution is 5.80. The number of hydrogen-bond donors (Lipinski definition) is 0. The van der Waals surface area contributed by atoms with Crippen LogP contribution in [-0.2, 0) is 21.8 Å². The lowest BCUT2D eigenvalue weighted by Crippen LogP contribution is -2.23. The number of esters is 1. The Hall–Kier alpha value is -2.30. The predicted octanol–water partition coefficient (Wildman–Crippen LogP) is 7.32. The maximum Gasteiger partial charge on any atom is 0.416 e. The zero-order valence-electron chi connectivity index (χ0n) is 19.3. The van der Waals surface area contributed by atoms with E-state index >= 15 is 0 Å². The fourth-order valence-corrected chi connectivity index (χ4v) is 3.92. The molecule has 2 aromatic carbocycles. The molecule has 1 fully saturated rings. The molecular formula is C26H31F3O2. The van der Waals surface area contributed by atoms with Crippen LogP contribution in [0.2, 0.25) is 0 Å². The second-order valence-electron chi connectivity index (χ2n) is 10.7. The number of ether oxygens (including phenoxy) is 1. The first-order chi connectivity index (χ1) is 14.1. The van der Waals surface area contributed by atoms with Gasteiger partial charge in [0.1, 0.15) is 5.75 Å².